The Bertz CT molecular complexity index is 3710. The summed E-state index contributed by atoms with van der Waals surface area (Å²) >= 11 is 0. The summed E-state index contributed by atoms with van der Waals surface area (Å²) in [7, 11) is 0. The van der Waals surface area contributed by atoms with Crippen LogP contribution in [0.15, 0.2) is 164 Å². The van der Waals surface area contributed by atoms with Gasteiger partial charge in [0.05, 0.1) is 22.4 Å². The van der Waals surface area contributed by atoms with Gasteiger partial charge >= 0.3 is 0 Å². The molecule has 10 rings (SSSR count). The summed E-state index contributed by atoms with van der Waals surface area (Å²) in [5.74, 6) is 2.43. The van der Waals surface area contributed by atoms with Gasteiger partial charge in [0, 0.05) is 51.3 Å². The number of benzene rings is 7. The molecule has 1 aliphatic heterocycles. The van der Waals surface area contributed by atoms with Gasteiger partial charge in [-0.1, -0.05) is 204 Å². The summed E-state index contributed by atoms with van der Waals surface area (Å²) in [6, 6.07) is 58.9. The number of pyridine rings is 1. The van der Waals surface area contributed by atoms with E-state index in [-0.39, 0.29) is 37.9 Å². The minimum Gasteiger partial charge on any atom is -0.457 e. The number of aromatic nitrogens is 2. The van der Waals surface area contributed by atoms with Gasteiger partial charge in [0.1, 0.15) is 24.0 Å². The van der Waals surface area contributed by atoms with Gasteiger partial charge in [-0.15, -0.1) is 0 Å². The quantitative estimate of drug-likeness (QED) is 0.144. The highest BCUT2D eigenvalue weighted by Crippen LogP contribution is 2.52. The van der Waals surface area contributed by atoms with E-state index in [4.69, 9.17) is 9.72 Å². The third-order valence-electron chi connectivity index (χ3n) is 17.0. The number of hydrogen-bond donors (Lipinski definition) is 0. The molecule has 3 heterocycles. The van der Waals surface area contributed by atoms with Crippen LogP contribution in [-0.4, -0.2) is 16.2 Å². The maximum atomic E-state index is 7.25. The molecule has 0 fully saturated rings. The van der Waals surface area contributed by atoms with E-state index >= 15 is 0 Å². The fraction of sp³-hybridized carbons (Fsp3) is 0.365. The van der Waals surface area contributed by atoms with E-state index in [2.05, 4.69) is 304 Å². The van der Waals surface area contributed by atoms with Crippen LogP contribution in [0.4, 0.5) is 22.7 Å². The van der Waals surface area contributed by atoms with Crippen molar-refractivity contribution in [3.05, 3.63) is 214 Å². The van der Waals surface area contributed by atoms with Gasteiger partial charge in [-0.05, 0) is 150 Å². The highest BCUT2D eigenvalue weighted by atomic mass is 16.5. The van der Waals surface area contributed by atoms with Crippen LogP contribution in [0, 0.1) is 0 Å². The average Bonchev–Trinajstić information content (AvgIpc) is 3.98. The van der Waals surface area contributed by atoms with Crippen molar-refractivity contribution in [2.45, 2.75) is 169 Å². The zero-order valence-electron chi connectivity index (χ0n) is 51.0. The Morgan fingerprint density at radius 1 is 0.354 bits per heavy atom. The van der Waals surface area contributed by atoms with Gasteiger partial charge in [-0.2, -0.15) is 0 Å². The molecule has 9 aromatic rings. The molecule has 0 N–H and O–H groups in total. The maximum absolute atomic E-state index is 7.25. The standard InChI is InChI=1S/C74H86N4O/c1-68(2,3)52-36-53(69(4,5)6)38-55(37-52)76-47-77(66-46-62(72(13,14)15)61(45-65(66)76)71(10,11)12)56-39-54(70(7,8)9)40-58(43-56)79-57-31-32-59-60-41-50(73(16,17)48-26-22-20-23-27-48)30-33-63(60)78(64(59)44-57)67-42-51(34-35-75-67)74(18,19)49-28-24-21-25-29-49/h20-46H,47H2,1-19H3. The maximum Gasteiger partial charge on any atom is 0.137 e. The second-order valence-corrected chi connectivity index (χ2v) is 28.9. The van der Waals surface area contributed by atoms with Crippen LogP contribution >= 0.6 is 0 Å². The Balaban J connectivity index is 1.14. The first-order chi connectivity index (χ1) is 36.8. The molecule has 0 saturated heterocycles. The third-order valence-corrected chi connectivity index (χ3v) is 17.0. The summed E-state index contributed by atoms with van der Waals surface area (Å²) in [4.78, 5) is 10.2. The van der Waals surface area contributed by atoms with Crippen molar-refractivity contribution in [1.29, 1.82) is 0 Å². The second kappa shape index (κ2) is 19.3. The van der Waals surface area contributed by atoms with E-state index < -0.39 is 0 Å². The van der Waals surface area contributed by atoms with Gasteiger partial charge in [0.2, 0.25) is 0 Å². The zero-order chi connectivity index (χ0) is 57.0. The topological polar surface area (TPSA) is 33.5 Å². The van der Waals surface area contributed by atoms with Crippen LogP contribution in [0.3, 0.4) is 0 Å². The van der Waals surface area contributed by atoms with Crippen molar-refractivity contribution in [1.82, 2.24) is 9.55 Å². The van der Waals surface area contributed by atoms with Crippen LogP contribution in [-0.2, 0) is 37.9 Å². The van der Waals surface area contributed by atoms with Gasteiger partial charge in [0.15, 0.2) is 0 Å². The lowest BCUT2D eigenvalue weighted by Gasteiger charge is -2.32. The van der Waals surface area contributed by atoms with Gasteiger partial charge < -0.3 is 14.5 Å². The second-order valence-electron chi connectivity index (χ2n) is 28.9. The van der Waals surface area contributed by atoms with E-state index in [0.29, 0.717) is 6.67 Å². The molecule has 0 radical (unpaired) electrons. The van der Waals surface area contributed by atoms with Crippen molar-refractivity contribution in [3.8, 4) is 17.3 Å². The smallest absolute Gasteiger partial charge is 0.137 e. The molecule has 0 atom stereocenters. The SMILES string of the molecule is CC(C)(C)c1cc(Oc2ccc3c4cc(C(C)(C)c5ccccc5)ccc4n(-c4cc(C(C)(C)c5ccccc5)ccn4)c3c2)cc(N2CN(c3cc(C(C)(C)C)cc(C(C)(C)C)c3)c3cc(C(C)(C)C)c(C(C)(C)C)cc32)c1. The molecule has 0 spiro atoms. The van der Waals surface area contributed by atoms with E-state index in [1.165, 1.54) is 72.5 Å². The van der Waals surface area contributed by atoms with E-state index in [9.17, 15) is 0 Å². The van der Waals surface area contributed by atoms with E-state index in [1.807, 2.05) is 6.20 Å². The number of hydrogen-bond acceptors (Lipinski definition) is 4. The molecule has 0 saturated carbocycles. The lowest BCUT2D eigenvalue weighted by Crippen LogP contribution is -2.26. The summed E-state index contributed by atoms with van der Waals surface area (Å²) in [5, 5.41) is 2.33. The lowest BCUT2D eigenvalue weighted by molar-refractivity contribution is 0.479. The van der Waals surface area contributed by atoms with Crippen LogP contribution < -0.4 is 14.5 Å². The highest BCUT2D eigenvalue weighted by molar-refractivity contribution is 6.10. The molecule has 0 aliphatic carbocycles. The highest BCUT2D eigenvalue weighted by Gasteiger charge is 2.36. The molecular formula is C74H86N4O. The first kappa shape index (κ1) is 55.2. The first-order valence-electron chi connectivity index (χ1n) is 28.7. The monoisotopic (exact) mass is 1050 g/mol. The summed E-state index contributed by atoms with van der Waals surface area (Å²) in [5.41, 5.74) is 17.7. The Labute approximate surface area is 473 Å². The normalized spacial score (nSPS) is 13.9. The van der Waals surface area contributed by atoms with Crippen molar-refractivity contribution < 1.29 is 4.74 Å². The van der Waals surface area contributed by atoms with Gasteiger partial charge in [-0.3, -0.25) is 4.57 Å². The Morgan fingerprint density at radius 3 is 1.33 bits per heavy atom. The van der Waals surface area contributed by atoms with Gasteiger partial charge in [-0.25, -0.2) is 4.98 Å². The number of ether oxygens (including phenoxy) is 1. The Hall–Kier alpha value is -7.11. The van der Waals surface area contributed by atoms with Crippen LogP contribution in [0.5, 0.6) is 11.5 Å². The zero-order valence-corrected chi connectivity index (χ0v) is 51.0. The predicted octanol–water partition coefficient (Wildman–Crippen LogP) is 20.4. The van der Waals surface area contributed by atoms with Crippen molar-refractivity contribution >= 4 is 44.6 Å². The molecule has 0 unspecified atom stereocenters. The molecule has 408 valence electrons. The largest absolute Gasteiger partial charge is 0.457 e. The average molecular weight is 1050 g/mol. The molecule has 7 aromatic carbocycles. The van der Waals surface area contributed by atoms with Crippen LogP contribution in [0.2, 0.25) is 0 Å². The minimum atomic E-state index is -0.253. The number of nitrogens with zero attached hydrogens (tertiary/aromatic N) is 4. The van der Waals surface area contributed by atoms with Crippen molar-refractivity contribution in [2.75, 3.05) is 16.5 Å². The molecule has 5 nitrogen and oxygen atoms in total. The number of anilines is 4. The van der Waals surface area contributed by atoms with Crippen LogP contribution in [0.25, 0.3) is 27.6 Å². The van der Waals surface area contributed by atoms with Crippen molar-refractivity contribution in [3.63, 3.8) is 0 Å². The van der Waals surface area contributed by atoms with E-state index in [1.54, 1.807) is 0 Å². The third kappa shape index (κ3) is 10.5. The first-order valence-corrected chi connectivity index (χ1v) is 28.7. The summed E-state index contributed by atoms with van der Waals surface area (Å²) in [6.45, 7) is 44.9. The van der Waals surface area contributed by atoms with E-state index in [0.717, 1.165) is 39.4 Å². The molecule has 0 bridgehead atoms. The number of rotatable bonds is 9. The molecular weight excluding hydrogens is 961 g/mol. The fourth-order valence-corrected chi connectivity index (χ4v) is 11.7. The predicted molar refractivity (Wildman–Crippen MR) is 338 cm³/mol. The molecule has 1 aliphatic rings. The molecule has 2 aromatic heterocycles. The van der Waals surface area contributed by atoms with Crippen molar-refractivity contribution in [2.24, 2.45) is 0 Å². The molecule has 79 heavy (non-hydrogen) atoms. The Kier molecular flexibility index (Phi) is 13.5. The van der Waals surface area contributed by atoms with Gasteiger partial charge in [0.25, 0.3) is 0 Å². The Morgan fingerprint density at radius 2 is 0.835 bits per heavy atom. The molecule has 0 amide bonds. The lowest BCUT2D eigenvalue weighted by atomic mass is 9.74. The summed E-state index contributed by atoms with van der Waals surface area (Å²) < 4.78 is 9.59. The van der Waals surface area contributed by atoms with Crippen LogP contribution in [0.1, 0.15) is 182 Å². The molecule has 5 heteroatoms. The minimum absolute atomic E-state index is 0.0301. The fourth-order valence-electron chi connectivity index (χ4n) is 11.7. The number of fused-ring (bicyclic) bond motifs is 4. The summed E-state index contributed by atoms with van der Waals surface area (Å²) in [6.07, 6.45) is 1.97.